The Bertz CT molecular complexity index is 599. The van der Waals surface area contributed by atoms with Crippen LogP contribution in [-0.2, 0) is 9.84 Å². The molecule has 110 valence electrons. The van der Waals surface area contributed by atoms with E-state index in [0.29, 0.717) is 24.2 Å². The molecule has 0 aromatic heterocycles. The van der Waals surface area contributed by atoms with Crippen molar-refractivity contribution in [2.24, 2.45) is 0 Å². The Morgan fingerprint density at radius 2 is 2.15 bits per heavy atom. The fraction of sp³-hybridized carbons (Fsp3) is 0.429. The lowest BCUT2D eigenvalue weighted by atomic mass is 10.2. The Hall–Kier alpha value is -1.58. The quantitative estimate of drug-likeness (QED) is 0.637. The van der Waals surface area contributed by atoms with E-state index in [-0.39, 0.29) is 19.0 Å². The van der Waals surface area contributed by atoms with Crippen molar-refractivity contribution in [2.75, 3.05) is 25.2 Å². The first-order valence-electron chi connectivity index (χ1n) is 6.12. The molecule has 1 rings (SSSR count). The second-order valence-corrected chi connectivity index (χ2v) is 6.51. The normalized spacial score (nSPS) is 10.8. The molecular weight excluding hydrogens is 283 g/mol. The first kappa shape index (κ1) is 16.5. The maximum absolute atomic E-state index is 13.1. The van der Waals surface area contributed by atoms with Crippen LogP contribution in [0.4, 0.5) is 4.39 Å². The number of hydrogen-bond donors (Lipinski definition) is 1. The Morgan fingerprint density at radius 1 is 1.40 bits per heavy atom. The van der Waals surface area contributed by atoms with Crippen molar-refractivity contribution in [2.45, 2.75) is 12.8 Å². The summed E-state index contributed by atoms with van der Waals surface area (Å²) in [6.07, 6.45) is 1.82. The minimum atomic E-state index is -3.01. The van der Waals surface area contributed by atoms with Gasteiger partial charge in [-0.25, -0.2) is 12.8 Å². The summed E-state index contributed by atoms with van der Waals surface area (Å²) >= 11 is 0. The SMILES string of the molecule is CS(=O)(=O)CCCOc1ccc(F)cc1C#CCCO. The van der Waals surface area contributed by atoms with E-state index in [4.69, 9.17) is 9.84 Å². The number of aliphatic hydroxyl groups excluding tert-OH is 1. The van der Waals surface area contributed by atoms with Gasteiger partial charge in [-0.1, -0.05) is 11.8 Å². The van der Waals surface area contributed by atoms with Gasteiger partial charge in [0.05, 0.1) is 24.5 Å². The van der Waals surface area contributed by atoms with Crippen LogP contribution in [0.1, 0.15) is 18.4 Å². The van der Waals surface area contributed by atoms with Gasteiger partial charge in [0.15, 0.2) is 0 Å². The van der Waals surface area contributed by atoms with Gasteiger partial charge in [0, 0.05) is 12.7 Å². The van der Waals surface area contributed by atoms with Gasteiger partial charge in [-0.15, -0.1) is 0 Å². The van der Waals surface area contributed by atoms with Gasteiger partial charge < -0.3 is 9.84 Å². The molecule has 20 heavy (non-hydrogen) atoms. The van der Waals surface area contributed by atoms with Gasteiger partial charge in [0.2, 0.25) is 0 Å². The molecule has 6 heteroatoms. The lowest BCUT2D eigenvalue weighted by molar-refractivity contribution is 0.305. The molecule has 0 radical (unpaired) electrons. The fourth-order valence-electron chi connectivity index (χ4n) is 1.44. The summed E-state index contributed by atoms with van der Waals surface area (Å²) < 4.78 is 40.5. The minimum absolute atomic E-state index is 0.0414. The highest BCUT2D eigenvalue weighted by Gasteiger charge is 2.05. The van der Waals surface area contributed by atoms with Crippen molar-refractivity contribution in [1.29, 1.82) is 0 Å². The third-order valence-electron chi connectivity index (χ3n) is 2.32. The molecule has 1 aromatic rings. The molecule has 0 amide bonds. The highest BCUT2D eigenvalue weighted by Crippen LogP contribution is 2.19. The van der Waals surface area contributed by atoms with Crippen molar-refractivity contribution < 1.29 is 22.7 Å². The van der Waals surface area contributed by atoms with Crippen LogP contribution < -0.4 is 4.74 Å². The first-order valence-corrected chi connectivity index (χ1v) is 8.18. The van der Waals surface area contributed by atoms with Crippen molar-refractivity contribution >= 4 is 9.84 Å². The second-order valence-electron chi connectivity index (χ2n) is 4.25. The number of benzene rings is 1. The van der Waals surface area contributed by atoms with Crippen molar-refractivity contribution in [3.05, 3.63) is 29.6 Å². The Morgan fingerprint density at radius 3 is 2.80 bits per heavy atom. The molecule has 0 fully saturated rings. The molecule has 0 saturated carbocycles. The van der Waals surface area contributed by atoms with Crippen molar-refractivity contribution in [1.82, 2.24) is 0 Å². The molecule has 1 N–H and O–H groups in total. The van der Waals surface area contributed by atoms with Gasteiger partial charge in [-0.3, -0.25) is 0 Å². The van der Waals surface area contributed by atoms with Gasteiger partial charge >= 0.3 is 0 Å². The summed E-state index contributed by atoms with van der Waals surface area (Å²) in [6, 6.07) is 3.96. The van der Waals surface area contributed by atoms with Crippen molar-refractivity contribution in [3.8, 4) is 17.6 Å². The zero-order chi connectivity index (χ0) is 15.0. The van der Waals surface area contributed by atoms with E-state index in [1.165, 1.54) is 18.2 Å². The zero-order valence-electron chi connectivity index (χ0n) is 11.2. The topological polar surface area (TPSA) is 63.6 Å². The predicted octanol–water partition coefficient (Wildman–Crippen LogP) is 1.37. The summed E-state index contributed by atoms with van der Waals surface area (Å²) in [7, 11) is -3.01. The first-order chi connectivity index (χ1) is 9.42. The molecule has 0 heterocycles. The van der Waals surface area contributed by atoms with Crippen LogP contribution in [0.15, 0.2) is 18.2 Å². The molecule has 4 nitrogen and oxygen atoms in total. The molecule has 0 atom stereocenters. The fourth-order valence-corrected chi connectivity index (χ4v) is 2.08. The number of rotatable bonds is 6. The Kier molecular flexibility index (Phi) is 6.49. The van der Waals surface area contributed by atoms with Crippen LogP contribution in [0.3, 0.4) is 0 Å². The van der Waals surface area contributed by atoms with E-state index >= 15 is 0 Å². The molecule has 0 aliphatic rings. The average Bonchev–Trinajstić information content (AvgIpc) is 2.36. The molecule has 0 unspecified atom stereocenters. The van der Waals surface area contributed by atoms with Crippen LogP contribution in [-0.4, -0.2) is 38.7 Å². The van der Waals surface area contributed by atoms with Gasteiger partial charge in [0.1, 0.15) is 21.4 Å². The molecule has 0 saturated heterocycles. The van der Waals surface area contributed by atoms with Crippen LogP contribution >= 0.6 is 0 Å². The third kappa shape index (κ3) is 6.55. The van der Waals surface area contributed by atoms with E-state index in [2.05, 4.69) is 11.8 Å². The van der Waals surface area contributed by atoms with E-state index in [9.17, 15) is 12.8 Å². The van der Waals surface area contributed by atoms with Crippen molar-refractivity contribution in [3.63, 3.8) is 0 Å². The molecule has 0 aliphatic carbocycles. The van der Waals surface area contributed by atoms with E-state index < -0.39 is 15.7 Å². The summed E-state index contributed by atoms with van der Waals surface area (Å²) in [5, 5.41) is 8.65. The molecule has 0 bridgehead atoms. The predicted molar refractivity (Wildman–Crippen MR) is 74.8 cm³/mol. The summed E-state index contributed by atoms with van der Waals surface area (Å²) in [5.41, 5.74) is 0.387. The monoisotopic (exact) mass is 300 g/mol. The van der Waals surface area contributed by atoms with Gasteiger partial charge in [0.25, 0.3) is 0 Å². The van der Waals surface area contributed by atoms with E-state index in [0.717, 1.165) is 6.26 Å². The molecule has 1 aromatic carbocycles. The Labute approximate surface area is 118 Å². The summed E-state index contributed by atoms with van der Waals surface area (Å²) in [5.74, 6) is 5.43. The number of ether oxygens (including phenoxy) is 1. The number of aliphatic hydroxyl groups is 1. The maximum Gasteiger partial charge on any atom is 0.147 e. The number of halogens is 1. The highest BCUT2D eigenvalue weighted by molar-refractivity contribution is 7.90. The lowest BCUT2D eigenvalue weighted by Gasteiger charge is -2.08. The summed E-state index contributed by atoms with van der Waals surface area (Å²) in [4.78, 5) is 0. The summed E-state index contributed by atoms with van der Waals surface area (Å²) in [6.45, 7) is 0.153. The number of sulfone groups is 1. The smallest absolute Gasteiger partial charge is 0.147 e. The number of hydrogen-bond acceptors (Lipinski definition) is 4. The third-order valence-corrected chi connectivity index (χ3v) is 3.35. The average molecular weight is 300 g/mol. The van der Waals surface area contributed by atoms with Gasteiger partial charge in [-0.2, -0.15) is 0 Å². The van der Waals surface area contributed by atoms with Crippen LogP contribution in [0.2, 0.25) is 0 Å². The maximum atomic E-state index is 13.1. The van der Waals surface area contributed by atoms with Crippen LogP contribution in [0.5, 0.6) is 5.75 Å². The highest BCUT2D eigenvalue weighted by atomic mass is 32.2. The second kappa shape index (κ2) is 7.88. The molecular formula is C14H17FO4S. The van der Waals surface area contributed by atoms with Crippen LogP contribution in [0, 0.1) is 17.7 Å². The standard InChI is InChI=1S/C14H17FO4S/c1-20(17,18)10-4-9-19-14-7-6-13(15)11-12(14)5-2-3-8-16/h6-7,11,16H,3-4,8-10H2,1H3. The minimum Gasteiger partial charge on any atom is -0.492 e. The van der Waals surface area contributed by atoms with E-state index in [1.807, 2.05) is 0 Å². The molecule has 0 spiro atoms. The lowest BCUT2D eigenvalue weighted by Crippen LogP contribution is -2.08. The van der Waals surface area contributed by atoms with E-state index in [1.54, 1.807) is 0 Å². The van der Waals surface area contributed by atoms with Gasteiger partial charge in [-0.05, 0) is 24.6 Å². The zero-order valence-corrected chi connectivity index (χ0v) is 12.0. The molecule has 0 aliphatic heterocycles. The van der Waals surface area contributed by atoms with Crippen LogP contribution in [0.25, 0.3) is 0 Å². The largest absolute Gasteiger partial charge is 0.492 e. The Balaban J connectivity index is 2.67.